The van der Waals surface area contributed by atoms with Crippen molar-refractivity contribution in [3.63, 3.8) is 0 Å². The van der Waals surface area contributed by atoms with E-state index in [4.69, 9.17) is 5.11 Å². The van der Waals surface area contributed by atoms with Gasteiger partial charge in [-0.25, -0.2) is 0 Å². The summed E-state index contributed by atoms with van der Waals surface area (Å²) in [4.78, 5) is 15.8. The number of nitrogens with zero attached hydrogens (tertiary/aromatic N) is 2. The van der Waals surface area contributed by atoms with Crippen molar-refractivity contribution in [1.29, 1.82) is 0 Å². The van der Waals surface area contributed by atoms with E-state index in [1.54, 1.807) is 16.8 Å². The Kier molecular flexibility index (Phi) is 6.74. The second-order valence-electron chi connectivity index (χ2n) is 6.66. The van der Waals surface area contributed by atoms with Crippen LogP contribution in [-0.4, -0.2) is 82.6 Å². The van der Waals surface area contributed by atoms with Crippen LogP contribution in [0.4, 0.5) is 0 Å². The molecule has 1 heterocycles. The molecule has 1 aliphatic heterocycles. The van der Waals surface area contributed by atoms with Gasteiger partial charge in [0.15, 0.2) is 0 Å². The van der Waals surface area contributed by atoms with E-state index in [9.17, 15) is 15.0 Å². The summed E-state index contributed by atoms with van der Waals surface area (Å²) in [6.45, 7) is 1.31. The summed E-state index contributed by atoms with van der Waals surface area (Å²) in [5.74, 6) is 0.00339. The first-order chi connectivity index (χ1) is 11.4. The maximum Gasteiger partial charge on any atom is 0.222 e. The van der Waals surface area contributed by atoms with Crippen LogP contribution in [0, 0.1) is 0 Å². The second-order valence-corrected chi connectivity index (χ2v) is 6.66. The Bertz CT molecular complexity index is 525. The van der Waals surface area contributed by atoms with Crippen molar-refractivity contribution in [1.82, 2.24) is 9.80 Å². The van der Waals surface area contributed by atoms with E-state index in [0.717, 1.165) is 5.56 Å². The van der Waals surface area contributed by atoms with E-state index < -0.39 is 11.7 Å². The number of hydrogen-bond acceptors (Lipinski definition) is 5. The number of hydrogen-bond donors (Lipinski definition) is 3. The number of likely N-dealkylation sites (tertiary alicyclic amines) is 1. The first-order valence-corrected chi connectivity index (χ1v) is 8.46. The van der Waals surface area contributed by atoms with E-state index in [-0.39, 0.29) is 25.6 Å². The van der Waals surface area contributed by atoms with E-state index in [2.05, 4.69) is 0 Å². The van der Waals surface area contributed by atoms with Crippen LogP contribution in [-0.2, 0) is 11.2 Å². The number of aryl methyl sites for hydroxylation is 1. The Labute approximate surface area is 143 Å². The van der Waals surface area contributed by atoms with Gasteiger partial charge in [0, 0.05) is 32.6 Å². The number of carbonyl (C=O) groups is 1. The van der Waals surface area contributed by atoms with Gasteiger partial charge in [-0.2, -0.15) is 0 Å². The van der Waals surface area contributed by atoms with Crippen molar-refractivity contribution in [3.05, 3.63) is 35.9 Å². The predicted octanol–water partition coefficient (Wildman–Crippen LogP) is -0.132. The number of rotatable bonds is 7. The van der Waals surface area contributed by atoms with Crippen molar-refractivity contribution in [2.45, 2.75) is 31.0 Å². The molecule has 2 atom stereocenters. The second kappa shape index (κ2) is 8.58. The zero-order valence-corrected chi connectivity index (χ0v) is 14.3. The molecule has 1 amide bonds. The normalized spacial score (nSPS) is 24.4. The Morgan fingerprint density at radius 1 is 1.38 bits per heavy atom. The summed E-state index contributed by atoms with van der Waals surface area (Å²) in [5.41, 5.74) is -0.120. The lowest BCUT2D eigenvalue weighted by molar-refractivity contribution is -0.152. The molecule has 6 nitrogen and oxygen atoms in total. The number of aliphatic hydroxyl groups is 3. The summed E-state index contributed by atoms with van der Waals surface area (Å²) in [7, 11) is 1.79. The predicted molar refractivity (Wildman–Crippen MR) is 91.5 cm³/mol. The molecular formula is C18H28N2O4. The molecule has 0 unspecified atom stereocenters. The van der Waals surface area contributed by atoms with Gasteiger partial charge in [0.1, 0.15) is 11.7 Å². The zero-order chi connectivity index (χ0) is 17.6. The van der Waals surface area contributed by atoms with Crippen molar-refractivity contribution < 1.29 is 20.1 Å². The molecule has 0 spiro atoms. The number of likely N-dealkylation sites (N-methyl/N-ethyl adjacent to an activating group) is 1. The highest BCUT2D eigenvalue weighted by molar-refractivity contribution is 5.76. The largest absolute Gasteiger partial charge is 0.395 e. The van der Waals surface area contributed by atoms with Crippen molar-refractivity contribution >= 4 is 5.91 Å². The average Bonchev–Trinajstić information content (AvgIpc) is 2.56. The molecule has 0 aliphatic carbocycles. The summed E-state index contributed by atoms with van der Waals surface area (Å²) >= 11 is 0. The van der Waals surface area contributed by atoms with E-state index in [0.29, 0.717) is 32.4 Å². The average molecular weight is 336 g/mol. The number of benzene rings is 1. The molecule has 1 aromatic carbocycles. The van der Waals surface area contributed by atoms with Crippen LogP contribution < -0.4 is 0 Å². The first-order valence-electron chi connectivity index (χ1n) is 8.46. The smallest absolute Gasteiger partial charge is 0.222 e. The van der Waals surface area contributed by atoms with Crippen LogP contribution in [0.15, 0.2) is 30.3 Å². The third-order valence-corrected chi connectivity index (χ3v) is 4.68. The van der Waals surface area contributed by atoms with Gasteiger partial charge in [0.05, 0.1) is 6.61 Å². The summed E-state index contributed by atoms with van der Waals surface area (Å²) in [6, 6.07) is 9.84. The zero-order valence-electron chi connectivity index (χ0n) is 14.3. The fourth-order valence-corrected chi connectivity index (χ4v) is 3.15. The highest BCUT2D eigenvalue weighted by Gasteiger charge is 2.42. The van der Waals surface area contributed by atoms with Gasteiger partial charge >= 0.3 is 0 Å². The highest BCUT2D eigenvalue weighted by Crippen LogP contribution is 2.24. The summed E-state index contributed by atoms with van der Waals surface area (Å²) < 4.78 is 0. The van der Waals surface area contributed by atoms with Crippen LogP contribution >= 0.6 is 0 Å². The summed E-state index contributed by atoms with van der Waals surface area (Å²) in [5, 5.41) is 29.9. The lowest BCUT2D eigenvalue weighted by Crippen LogP contribution is -2.60. The van der Waals surface area contributed by atoms with E-state index >= 15 is 0 Å². The Balaban J connectivity index is 1.84. The number of aliphatic hydroxyl groups excluding tert-OH is 2. The van der Waals surface area contributed by atoms with Crippen LogP contribution in [0.1, 0.15) is 18.4 Å². The molecule has 24 heavy (non-hydrogen) atoms. The topological polar surface area (TPSA) is 84.2 Å². The minimum absolute atomic E-state index is 0.00339. The molecule has 0 bridgehead atoms. The molecular weight excluding hydrogens is 308 g/mol. The minimum atomic E-state index is -1.24. The Morgan fingerprint density at radius 3 is 2.71 bits per heavy atom. The number of amides is 1. The molecule has 0 aromatic heterocycles. The number of β-amino-alcohol motifs (C(OH)–C–C–N with tert-alkyl or cyclic N) is 1. The molecule has 1 aliphatic rings. The van der Waals surface area contributed by atoms with Crippen molar-refractivity contribution in [2.24, 2.45) is 0 Å². The standard InChI is InChI=1S/C18H28N2O4/c1-19(11-12-21)14-18(24)9-10-20(13-16(18)22)17(23)8-7-15-5-3-2-4-6-15/h2-6,16,21-22,24H,7-14H2,1H3/t16-,18-/m0/s1. The van der Waals surface area contributed by atoms with Gasteiger partial charge in [-0.1, -0.05) is 30.3 Å². The van der Waals surface area contributed by atoms with Gasteiger partial charge in [-0.3, -0.25) is 4.79 Å². The van der Waals surface area contributed by atoms with E-state index in [1.807, 2.05) is 30.3 Å². The third-order valence-electron chi connectivity index (χ3n) is 4.68. The van der Waals surface area contributed by atoms with Crippen LogP contribution in [0.5, 0.6) is 0 Å². The molecule has 2 rings (SSSR count). The van der Waals surface area contributed by atoms with E-state index in [1.165, 1.54) is 0 Å². The van der Waals surface area contributed by atoms with Gasteiger partial charge in [0.2, 0.25) is 5.91 Å². The van der Waals surface area contributed by atoms with Crippen LogP contribution in [0.25, 0.3) is 0 Å². The number of piperidine rings is 1. The fraction of sp³-hybridized carbons (Fsp3) is 0.611. The van der Waals surface area contributed by atoms with Crippen molar-refractivity contribution in [2.75, 3.05) is 39.8 Å². The van der Waals surface area contributed by atoms with Gasteiger partial charge < -0.3 is 25.1 Å². The SMILES string of the molecule is CN(CCO)C[C@@]1(O)CCN(C(=O)CCc2ccccc2)C[C@@H]1O. The lowest BCUT2D eigenvalue weighted by atomic mass is 9.87. The van der Waals surface area contributed by atoms with Gasteiger partial charge in [0.25, 0.3) is 0 Å². The molecule has 1 fully saturated rings. The molecule has 0 radical (unpaired) electrons. The lowest BCUT2D eigenvalue weighted by Gasteiger charge is -2.43. The highest BCUT2D eigenvalue weighted by atomic mass is 16.3. The molecule has 0 saturated carbocycles. The molecule has 134 valence electrons. The maximum atomic E-state index is 12.3. The molecule has 3 N–H and O–H groups in total. The molecule has 1 aromatic rings. The van der Waals surface area contributed by atoms with Crippen LogP contribution in [0.2, 0.25) is 0 Å². The van der Waals surface area contributed by atoms with Gasteiger partial charge in [-0.15, -0.1) is 0 Å². The Morgan fingerprint density at radius 2 is 2.08 bits per heavy atom. The first kappa shape index (κ1) is 18.9. The van der Waals surface area contributed by atoms with Gasteiger partial charge in [-0.05, 0) is 25.5 Å². The van der Waals surface area contributed by atoms with Crippen molar-refractivity contribution in [3.8, 4) is 0 Å². The molecule has 1 saturated heterocycles. The maximum absolute atomic E-state index is 12.3. The van der Waals surface area contributed by atoms with Crippen LogP contribution in [0.3, 0.4) is 0 Å². The quantitative estimate of drug-likeness (QED) is 0.646. The molecule has 6 heteroatoms. The summed E-state index contributed by atoms with van der Waals surface area (Å²) in [6.07, 6.45) is 0.434. The Hall–Kier alpha value is -1.47. The number of carbonyl (C=O) groups excluding carboxylic acids is 1. The fourth-order valence-electron chi connectivity index (χ4n) is 3.15. The minimum Gasteiger partial charge on any atom is -0.395 e. The monoisotopic (exact) mass is 336 g/mol. The third kappa shape index (κ3) is 5.01.